The number of nitrogens with zero attached hydrogens (tertiary/aromatic N) is 5. The summed E-state index contributed by atoms with van der Waals surface area (Å²) in [7, 11) is 0. The zero-order valence-electron chi connectivity index (χ0n) is 29.1. The van der Waals surface area contributed by atoms with Crippen molar-refractivity contribution in [2.24, 2.45) is 5.16 Å². The molecular weight excluding hydrogens is 770 g/mol. The molecule has 4 aliphatic heterocycles. The van der Waals surface area contributed by atoms with Crippen molar-refractivity contribution in [3.63, 3.8) is 0 Å². The second-order valence-corrected chi connectivity index (χ2v) is 16.7. The molecule has 0 bridgehead atoms. The number of piperazine rings is 1. The normalized spacial score (nSPS) is 25.4. The van der Waals surface area contributed by atoms with E-state index in [4.69, 9.17) is 22.2 Å². The van der Waals surface area contributed by atoms with E-state index in [1.165, 1.54) is 35.9 Å². The van der Waals surface area contributed by atoms with Gasteiger partial charge in [0.15, 0.2) is 22.3 Å². The van der Waals surface area contributed by atoms with Gasteiger partial charge < -0.3 is 45.7 Å². The fourth-order valence-corrected chi connectivity index (χ4v) is 9.39. The molecule has 0 spiro atoms. The second kappa shape index (κ2) is 14.4. The minimum absolute atomic E-state index is 0.0119. The van der Waals surface area contributed by atoms with Crippen molar-refractivity contribution in [1.82, 2.24) is 20.1 Å². The standard InChI is InChI=1S/C33H36ClN7O11S2/c1-14-17(12-41-7-4-5-16(41)11-39(6-8-41)28(47)24(43)15-9-18(34)25(44)20(42)10-15)23(30(48)49)40-27(46)22(29(40)54-14)37-26(45)21(19-13-53-32(35)36-19)38-52-33(2,3)31(50)51/h9-10,13-14,16,22,29H,4-8,11-12H2,1-3H3,(H6-,35,36,37,38,42,43,44,45,47,48,49,50,51)/p+1/t14-,16-,22+,29+,41+/m0/s1. The van der Waals surface area contributed by atoms with Crippen molar-refractivity contribution in [3.8, 4) is 11.5 Å². The van der Waals surface area contributed by atoms with E-state index in [9.17, 15) is 49.2 Å². The molecule has 3 fully saturated rings. The van der Waals surface area contributed by atoms with E-state index < -0.39 is 74.9 Å². The largest absolute Gasteiger partial charge is 0.504 e. The fourth-order valence-electron chi connectivity index (χ4n) is 7.18. The van der Waals surface area contributed by atoms with Gasteiger partial charge in [-0.05, 0) is 32.9 Å². The fraction of sp³-hybridized carbons (Fsp3) is 0.455. The number of anilines is 1. The van der Waals surface area contributed by atoms with E-state index in [1.807, 2.05) is 6.92 Å². The number of nitrogens with two attached hydrogens (primary N) is 1. The Morgan fingerprint density at radius 1 is 1.19 bits per heavy atom. The molecule has 0 unspecified atom stereocenters. The molecule has 2 aromatic rings. The van der Waals surface area contributed by atoms with Gasteiger partial charge in [0.1, 0.15) is 35.4 Å². The van der Waals surface area contributed by atoms with Crippen LogP contribution in [0.1, 0.15) is 49.7 Å². The van der Waals surface area contributed by atoms with E-state index in [0.29, 0.717) is 29.6 Å². The van der Waals surface area contributed by atoms with Crippen LogP contribution in [0.2, 0.25) is 5.02 Å². The Bertz CT molecular complexity index is 2010. The lowest BCUT2D eigenvalue weighted by atomic mass is 9.98. The number of aliphatic carboxylic acids is 2. The van der Waals surface area contributed by atoms with E-state index >= 15 is 0 Å². The number of carboxylic acids is 2. The number of benzene rings is 1. The van der Waals surface area contributed by atoms with Gasteiger partial charge in [0.25, 0.3) is 23.5 Å². The molecule has 288 valence electrons. The molecule has 18 nitrogen and oxygen atoms in total. The van der Waals surface area contributed by atoms with Crippen molar-refractivity contribution in [1.29, 1.82) is 0 Å². The number of carbonyl (C=O) groups is 6. The number of rotatable bonds is 11. The summed E-state index contributed by atoms with van der Waals surface area (Å²) in [6.07, 6.45) is 1.50. The predicted octanol–water partition coefficient (Wildman–Crippen LogP) is 1.21. The lowest BCUT2D eigenvalue weighted by molar-refractivity contribution is -0.938. The molecular formula is C33H37ClN7O11S2+. The number of phenolic OH excluding ortho intramolecular Hbond substituents is 2. The summed E-state index contributed by atoms with van der Waals surface area (Å²) < 4.78 is 0.455. The predicted molar refractivity (Wildman–Crippen MR) is 194 cm³/mol. The third kappa shape index (κ3) is 6.93. The Labute approximate surface area is 320 Å². The number of carbonyl (C=O) groups excluding carboxylic acids is 4. The van der Waals surface area contributed by atoms with Crippen LogP contribution in [0.15, 0.2) is 33.9 Å². The summed E-state index contributed by atoms with van der Waals surface area (Å²) in [5.41, 5.74) is 3.68. The maximum atomic E-state index is 13.6. The highest BCUT2D eigenvalue weighted by atomic mass is 35.5. The highest BCUT2D eigenvalue weighted by Crippen LogP contribution is 2.46. The molecule has 5 heterocycles. The summed E-state index contributed by atoms with van der Waals surface area (Å²) in [6.45, 7) is 6.09. The average molecular weight is 807 g/mol. The number of aromatic hydroxyl groups is 2. The number of carboxylic acid groups (broad SMARTS) is 2. The van der Waals surface area contributed by atoms with Crippen LogP contribution < -0.4 is 11.1 Å². The molecule has 0 saturated carbocycles. The number of phenols is 2. The minimum atomic E-state index is -1.81. The molecule has 0 radical (unpaired) electrons. The van der Waals surface area contributed by atoms with E-state index in [-0.39, 0.29) is 52.8 Å². The van der Waals surface area contributed by atoms with E-state index in [2.05, 4.69) is 15.5 Å². The number of thiazole rings is 1. The van der Waals surface area contributed by atoms with Crippen LogP contribution in [0.4, 0.5) is 5.13 Å². The van der Waals surface area contributed by atoms with Gasteiger partial charge in [-0.25, -0.2) is 14.6 Å². The van der Waals surface area contributed by atoms with Gasteiger partial charge in [0.05, 0.1) is 31.2 Å². The molecule has 0 aliphatic carbocycles. The van der Waals surface area contributed by atoms with Crippen molar-refractivity contribution < 1.29 is 58.5 Å². The molecule has 1 aromatic heterocycles. The van der Waals surface area contributed by atoms with Crippen LogP contribution in [-0.2, 0) is 28.8 Å². The number of nitrogens with one attached hydrogen (secondary N) is 1. The Morgan fingerprint density at radius 2 is 1.91 bits per heavy atom. The summed E-state index contributed by atoms with van der Waals surface area (Å²) in [5.74, 6) is -7.16. The summed E-state index contributed by atoms with van der Waals surface area (Å²) in [4.78, 5) is 89.8. The van der Waals surface area contributed by atoms with Crippen LogP contribution in [0.25, 0.3) is 0 Å². The number of halogens is 1. The van der Waals surface area contributed by atoms with Crippen molar-refractivity contribution in [2.45, 2.75) is 61.9 Å². The highest BCUT2D eigenvalue weighted by Gasteiger charge is 2.58. The molecule has 7 N–H and O–H groups in total. The van der Waals surface area contributed by atoms with Crippen LogP contribution in [0.3, 0.4) is 0 Å². The van der Waals surface area contributed by atoms with Gasteiger partial charge in [-0.15, -0.1) is 23.1 Å². The number of oxime groups is 1. The highest BCUT2D eigenvalue weighted by molar-refractivity contribution is 8.00. The van der Waals surface area contributed by atoms with Crippen molar-refractivity contribution in [3.05, 3.63) is 45.1 Å². The third-order valence-corrected chi connectivity index (χ3v) is 12.6. The van der Waals surface area contributed by atoms with Crippen LogP contribution >= 0.6 is 34.7 Å². The first-order valence-electron chi connectivity index (χ1n) is 16.7. The van der Waals surface area contributed by atoms with Gasteiger partial charge in [-0.2, -0.15) is 0 Å². The number of Topliss-reactive ketones (excluding diaryl/α,β-unsaturated/α-hetero) is 1. The van der Waals surface area contributed by atoms with Gasteiger partial charge in [-0.1, -0.05) is 16.8 Å². The number of amides is 3. The molecule has 3 saturated heterocycles. The van der Waals surface area contributed by atoms with Crippen molar-refractivity contribution >= 4 is 81.0 Å². The van der Waals surface area contributed by atoms with Crippen molar-refractivity contribution in [2.75, 3.05) is 38.5 Å². The Morgan fingerprint density at radius 3 is 2.54 bits per heavy atom. The molecule has 6 rings (SSSR count). The number of β-lactam (4-membered cyclic amide) rings is 1. The Kier molecular flexibility index (Phi) is 10.3. The Balaban J connectivity index is 1.19. The van der Waals surface area contributed by atoms with Gasteiger partial charge >= 0.3 is 11.9 Å². The number of hydrogen-bond donors (Lipinski definition) is 6. The smallest absolute Gasteiger partial charge is 0.352 e. The zero-order valence-corrected chi connectivity index (χ0v) is 31.5. The molecule has 5 atom stereocenters. The van der Waals surface area contributed by atoms with Crippen LogP contribution in [0.5, 0.6) is 11.5 Å². The van der Waals surface area contributed by atoms with E-state index in [0.717, 1.165) is 34.8 Å². The lowest BCUT2D eigenvalue weighted by Gasteiger charge is -2.53. The van der Waals surface area contributed by atoms with Crippen LogP contribution in [-0.4, -0.2) is 142 Å². The first-order chi connectivity index (χ1) is 25.3. The average Bonchev–Trinajstić information content (AvgIpc) is 3.74. The van der Waals surface area contributed by atoms with E-state index in [1.54, 1.807) is 0 Å². The maximum Gasteiger partial charge on any atom is 0.352 e. The first kappa shape index (κ1) is 38.8. The number of aromatic nitrogens is 1. The molecule has 1 aromatic carbocycles. The third-order valence-electron chi connectivity index (χ3n) is 10.2. The number of quaternary nitrogens is 1. The minimum Gasteiger partial charge on any atom is -0.504 e. The topological polar surface area (TPSA) is 262 Å². The van der Waals surface area contributed by atoms with Crippen LogP contribution in [0, 0.1) is 0 Å². The Hall–Kier alpha value is -4.92. The number of fused-ring (bicyclic) bond motifs is 2. The number of thioether (sulfide) groups is 1. The number of nitrogen functional groups attached to an aromatic ring is 1. The molecule has 3 amide bonds. The quantitative estimate of drug-likeness (QED) is 0.0355. The molecule has 4 aliphatic rings. The second-order valence-electron chi connectivity index (χ2n) is 14.0. The first-order valence-corrected chi connectivity index (χ1v) is 18.9. The van der Waals surface area contributed by atoms with Gasteiger partial charge in [0, 0.05) is 34.6 Å². The summed E-state index contributed by atoms with van der Waals surface area (Å²) in [5, 5.41) is 46.0. The lowest BCUT2D eigenvalue weighted by Crippen LogP contribution is -2.72. The van der Waals surface area contributed by atoms with Gasteiger partial charge in [0.2, 0.25) is 5.60 Å². The zero-order chi connectivity index (χ0) is 39.4. The summed E-state index contributed by atoms with van der Waals surface area (Å²) >= 11 is 8.21. The molecule has 21 heteroatoms. The monoisotopic (exact) mass is 806 g/mol. The summed E-state index contributed by atoms with van der Waals surface area (Å²) in [6, 6.07) is 0.804. The van der Waals surface area contributed by atoms with Gasteiger partial charge in [-0.3, -0.25) is 24.1 Å². The molecule has 54 heavy (non-hydrogen) atoms. The maximum absolute atomic E-state index is 13.6. The SMILES string of the molecule is C[C@@H]1S[C@@H]2[C@H](NC(=O)/C(=N\OC(C)(C)C(=O)O)c3csc(N)n3)C(=O)N2C(C(=O)O)=C1C[N@+]12CCC[C@H]1CN(C(=O)C(=O)c1cc(O)c(O)c(Cl)c1)CC2. The number of ketones is 1. The number of hydrogen-bond acceptors (Lipinski definition) is 14.